The van der Waals surface area contributed by atoms with Gasteiger partial charge in [0.1, 0.15) is 18.1 Å². The molecule has 0 heterocycles. The largest absolute Gasteiger partial charge is 0.508 e. The van der Waals surface area contributed by atoms with Crippen LogP contribution >= 0.6 is 0 Å². The number of aromatic hydroxyl groups is 1. The molecule has 24 heavy (non-hydrogen) atoms. The summed E-state index contributed by atoms with van der Waals surface area (Å²) in [6, 6.07) is 23.6. The van der Waals surface area contributed by atoms with Crippen LogP contribution < -0.4 is 4.74 Å². The van der Waals surface area contributed by atoms with Crippen LogP contribution in [0.3, 0.4) is 0 Å². The number of phenolic OH excluding ortho intramolecular Hbond substituents is 1. The molecule has 0 bridgehead atoms. The first-order valence-electron chi connectivity index (χ1n) is 7.94. The first kappa shape index (κ1) is 15.9. The lowest BCUT2D eigenvalue weighted by molar-refractivity contribution is 0.306. The van der Waals surface area contributed by atoms with Gasteiger partial charge in [-0.3, -0.25) is 0 Å². The zero-order chi connectivity index (χ0) is 16.8. The van der Waals surface area contributed by atoms with Crippen LogP contribution in [0.5, 0.6) is 11.5 Å². The summed E-state index contributed by atoms with van der Waals surface area (Å²) in [5.41, 5.74) is 4.26. The van der Waals surface area contributed by atoms with Crippen molar-refractivity contribution in [3.05, 3.63) is 95.1 Å². The molecule has 3 rings (SSSR count). The van der Waals surface area contributed by atoms with Crippen molar-refractivity contribution in [1.82, 2.24) is 0 Å². The third-order valence-corrected chi connectivity index (χ3v) is 3.68. The van der Waals surface area contributed by atoms with Gasteiger partial charge in [-0.1, -0.05) is 60.7 Å². The van der Waals surface area contributed by atoms with Gasteiger partial charge in [0.15, 0.2) is 0 Å². The lowest BCUT2D eigenvalue weighted by Crippen LogP contribution is -1.94. The van der Waals surface area contributed by atoms with Gasteiger partial charge in [-0.2, -0.15) is 0 Å². The summed E-state index contributed by atoms with van der Waals surface area (Å²) < 4.78 is 5.78. The van der Waals surface area contributed by atoms with E-state index in [4.69, 9.17) is 4.74 Å². The number of hydrogen-bond donors (Lipinski definition) is 1. The number of benzene rings is 3. The molecule has 3 aromatic carbocycles. The van der Waals surface area contributed by atoms with Crippen molar-refractivity contribution in [2.45, 2.75) is 13.5 Å². The van der Waals surface area contributed by atoms with Crippen molar-refractivity contribution in [2.24, 2.45) is 0 Å². The van der Waals surface area contributed by atoms with E-state index in [1.54, 1.807) is 12.1 Å². The predicted octanol–water partition coefficient (Wildman–Crippen LogP) is 5.45. The zero-order valence-electron chi connectivity index (χ0n) is 13.6. The molecule has 0 aliphatic carbocycles. The summed E-state index contributed by atoms with van der Waals surface area (Å²) in [5, 5.41) is 9.63. The molecule has 0 aromatic heterocycles. The van der Waals surface area contributed by atoms with Crippen LogP contribution in [0.4, 0.5) is 0 Å². The Hall–Kier alpha value is -3.00. The second-order valence-corrected chi connectivity index (χ2v) is 5.78. The molecule has 0 spiro atoms. The molecule has 0 radical (unpaired) electrons. The van der Waals surface area contributed by atoms with Crippen LogP contribution in [0.25, 0.3) is 12.2 Å². The van der Waals surface area contributed by atoms with E-state index in [2.05, 4.69) is 0 Å². The maximum absolute atomic E-state index is 9.63. The normalized spacial score (nSPS) is 10.9. The first-order chi connectivity index (χ1) is 11.7. The highest BCUT2D eigenvalue weighted by molar-refractivity contribution is 5.70. The standard InChI is InChI=1S/C22H20O2/c1-17-13-20(15-21(23)14-17)8-7-18-9-11-22(12-10-18)24-16-19-5-3-2-4-6-19/h2-15,23H,16H2,1H3/b8-7+. The Morgan fingerprint density at radius 3 is 2.25 bits per heavy atom. The average molecular weight is 316 g/mol. The van der Waals surface area contributed by atoms with Gasteiger partial charge in [-0.25, -0.2) is 0 Å². The van der Waals surface area contributed by atoms with Crippen LogP contribution in [0, 0.1) is 6.92 Å². The topological polar surface area (TPSA) is 29.5 Å². The Kier molecular flexibility index (Phi) is 4.97. The van der Waals surface area contributed by atoms with Crippen LogP contribution in [0.2, 0.25) is 0 Å². The molecule has 0 fully saturated rings. The molecule has 2 heteroatoms. The summed E-state index contributed by atoms with van der Waals surface area (Å²) in [6.07, 6.45) is 4.02. The number of rotatable bonds is 5. The van der Waals surface area contributed by atoms with Crippen molar-refractivity contribution in [1.29, 1.82) is 0 Å². The fraction of sp³-hybridized carbons (Fsp3) is 0.0909. The Balaban J connectivity index is 1.62. The van der Waals surface area contributed by atoms with Gasteiger partial charge in [0.25, 0.3) is 0 Å². The highest BCUT2D eigenvalue weighted by Gasteiger charge is 1.97. The minimum atomic E-state index is 0.291. The second-order valence-electron chi connectivity index (χ2n) is 5.78. The van der Waals surface area contributed by atoms with E-state index in [-0.39, 0.29) is 0 Å². The molecule has 0 amide bonds. The van der Waals surface area contributed by atoms with E-state index >= 15 is 0 Å². The van der Waals surface area contributed by atoms with E-state index in [0.29, 0.717) is 12.4 Å². The second kappa shape index (κ2) is 7.51. The number of aryl methyl sites for hydroxylation is 1. The fourth-order valence-corrected chi connectivity index (χ4v) is 2.50. The molecular formula is C22H20O2. The first-order valence-corrected chi connectivity index (χ1v) is 7.94. The quantitative estimate of drug-likeness (QED) is 0.634. The van der Waals surface area contributed by atoms with Crippen molar-refractivity contribution in [3.8, 4) is 11.5 Å². The Morgan fingerprint density at radius 2 is 1.54 bits per heavy atom. The van der Waals surface area contributed by atoms with Crippen molar-refractivity contribution in [3.63, 3.8) is 0 Å². The molecule has 0 unspecified atom stereocenters. The van der Waals surface area contributed by atoms with Gasteiger partial charge in [-0.05, 0) is 53.4 Å². The van der Waals surface area contributed by atoms with Crippen molar-refractivity contribution < 1.29 is 9.84 Å². The minimum absolute atomic E-state index is 0.291. The molecule has 120 valence electrons. The highest BCUT2D eigenvalue weighted by atomic mass is 16.5. The van der Waals surface area contributed by atoms with Gasteiger partial charge < -0.3 is 9.84 Å². The fourth-order valence-electron chi connectivity index (χ4n) is 2.50. The summed E-state index contributed by atoms with van der Waals surface area (Å²) >= 11 is 0. The van der Waals surface area contributed by atoms with E-state index in [1.807, 2.05) is 79.7 Å². The lowest BCUT2D eigenvalue weighted by Gasteiger charge is -2.06. The van der Waals surface area contributed by atoms with Gasteiger partial charge >= 0.3 is 0 Å². The molecular weight excluding hydrogens is 296 g/mol. The molecule has 0 atom stereocenters. The molecule has 0 saturated heterocycles. The number of ether oxygens (including phenoxy) is 1. The Morgan fingerprint density at radius 1 is 0.833 bits per heavy atom. The van der Waals surface area contributed by atoms with E-state index in [9.17, 15) is 5.11 Å². The maximum atomic E-state index is 9.63. The van der Waals surface area contributed by atoms with Crippen molar-refractivity contribution in [2.75, 3.05) is 0 Å². The maximum Gasteiger partial charge on any atom is 0.119 e. The molecule has 0 aliphatic heterocycles. The molecule has 0 saturated carbocycles. The third-order valence-electron chi connectivity index (χ3n) is 3.68. The Labute approximate surface area is 142 Å². The summed E-state index contributed by atoms with van der Waals surface area (Å²) in [6.45, 7) is 2.54. The number of hydrogen-bond acceptors (Lipinski definition) is 2. The highest BCUT2D eigenvalue weighted by Crippen LogP contribution is 2.19. The monoisotopic (exact) mass is 316 g/mol. The SMILES string of the molecule is Cc1cc(O)cc(/C=C/c2ccc(OCc3ccccc3)cc2)c1. The van der Waals surface area contributed by atoms with Crippen LogP contribution in [-0.2, 0) is 6.61 Å². The third kappa shape index (κ3) is 4.50. The van der Waals surface area contributed by atoms with E-state index < -0.39 is 0 Å². The Bertz CT molecular complexity index is 798. The molecule has 3 aromatic rings. The zero-order valence-corrected chi connectivity index (χ0v) is 13.6. The van der Waals surface area contributed by atoms with E-state index in [1.165, 1.54) is 0 Å². The average Bonchev–Trinajstić information content (AvgIpc) is 2.59. The predicted molar refractivity (Wildman–Crippen MR) is 99.0 cm³/mol. The smallest absolute Gasteiger partial charge is 0.119 e. The van der Waals surface area contributed by atoms with Gasteiger partial charge in [0, 0.05) is 0 Å². The summed E-state index contributed by atoms with van der Waals surface area (Å²) in [7, 11) is 0. The number of phenols is 1. The lowest BCUT2D eigenvalue weighted by atomic mass is 10.1. The van der Waals surface area contributed by atoms with E-state index in [0.717, 1.165) is 28.0 Å². The van der Waals surface area contributed by atoms with Crippen molar-refractivity contribution >= 4 is 12.2 Å². The van der Waals surface area contributed by atoms with Crippen LogP contribution in [-0.4, -0.2) is 5.11 Å². The van der Waals surface area contributed by atoms with Crippen LogP contribution in [0.1, 0.15) is 22.3 Å². The van der Waals surface area contributed by atoms with Gasteiger partial charge in [0.2, 0.25) is 0 Å². The summed E-state index contributed by atoms with van der Waals surface area (Å²) in [4.78, 5) is 0. The van der Waals surface area contributed by atoms with Gasteiger partial charge in [-0.15, -0.1) is 0 Å². The van der Waals surface area contributed by atoms with Gasteiger partial charge in [0.05, 0.1) is 0 Å². The summed E-state index contributed by atoms with van der Waals surface area (Å²) in [5.74, 6) is 1.14. The van der Waals surface area contributed by atoms with Crippen LogP contribution in [0.15, 0.2) is 72.8 Å². The molecule has 2 nitrogen and oxygen atoms in total. The molecule has 0 aliphatic rings. The molecule has 1 N–H and O–H groups in total. The minimum Gasteiger partial charge on any atom is -0.508 e.